The van der Waals surface area contributed by atoms with Crippen molar-refractivity contribution in [3.05, 3.63) is 36.5 Å². The van der Waals surface area contributed by atoms with Gasteiger partial charge in [0.25, 0.3) is 0 Å². The molecule has 0 fully saturated rings. The van der Waals surface area contributed by atoms with Crippen LogP contribution in [0.1, 0.15) is 6.92 Å². The number of hydrogen-bond donors (Lipinski definition) is 0. The van der Waals surface area contributed by atoms with Crippen LogP contribution in [0, 0.1) is 0 Å². The van der Waals surface area contributed by atoms with Crippen molar-refractivity contribution < 1.29 is 4.79 Å². The first kappa shape index (κ1) is 7.89. The van der Waals surface area contributed by atoms with Crippen molar-refractivity contribution in [1.82, 2.24) is 0 Å². The summed E-state index contributed by atoms with van der Waals surface area (Å²) in [6.07, 6.45) is 7.61. The Morgan fingerprint density at radius 1 is 1.56 bits per heavy atom. The van der Waals surface area contributed by atoms with Gasteiger partial charge in [-0.25, -0.2) is 0 Å². The van der Waals surface area contributed by atoms with E-state index in [4.69, 9.17) is 0 Å². The molecule has 0 aliphatic carbocycles. The van der Waals surface area contributed by atoms with Gasteiger partial charge in [0.2, 0.25) is 0 Å². The molecular weight excluding hydrogens is 112 g/mol. The average molecular weight is 122 g/mol. The summed E-state index contributed by atoms with van der Waals surface area (Å²) in [7, 11) is 0. The lowest BCUT2D eigenvalue weighted by molar-refractivity contribution is -0.104. The molecule has 0 aromatic heterocycles. The normalized spacial score (nSPS) is 11.9. The van der Waals surface area contributed by atoms with E-state index >= 15 is 0 Å². The summed E-state index contributed by atoms with van der Waals surface area (Å²) in [5.41, 5.74) is 0.676. The average Bonchev–Trinajstić information content (AvgIpc) is 1.91. The Morgan fingerprint density at radius 3 is 2.56 bits per heavy atom. The van der Waals surface area contributed by atoms with Gasteiger partial charge >= 0.3 is 0 Å². The van der Waals surface area contributed by atoms with Gasteiger partial charge in [0.05, 0.1) is 0 Å². The maximum absolute atomic E-state index is 10.1. The van der Waals surface area contributed by atoms with E-state index in [1.165, 1.54) is 0 Å². The zero-order valence-electron chi connectivity index (χ0n) is 5.50. The molecular formula is C8H10O. The fourth-order valence-corrected chi connectivity index (χ4v) is 0.383. The molecule has 9 heavy (non-hydrogen) atoms. The molecule has 0 heterocycles. The van der Waals surface area contributed by atoms with Crippen molar-refractivity contribution in [3.8, 4) is 0 Å². The summed E-state index contributed by atoms with van der Waals surface area (Å²) < 4.78 is 0. The Morgan fingerprint density at radius 2 is 2.22 bits per heavy atom. The standard InChI is InChI=1S/C8H10O/c1-3-5-6-8(4-2)7-9/h3-7H,1H2,2H3/b6-5-,8-4+. The summed E-state index contributed by atoms with van der Waals surface area (Å²) in [6.45, 7) is 5.29. The van der Waals surface area contributed by atoms with E-state index in [0.29, 0.717) is 5.57 Å². The Balaban J connectivity index is 3.99. The van der Waals surface area contributed by atoms with Crippen LogP contribution in [0.15, 0.2) is 36.5 Å². The molecule has 0 aromatic rings. The maximum Gasteiger partial charge on any atom is 0.149 e. The van der Waals surface area contributed by atoms with Crippen molar-refractivity contribution in [3.63, 3.8) is 0 Å². The van der Waals surface area contributed by atoms with Crippen molar-refractivity contribution in [1.29, 1.82) is 0 Å². The topological polar surface area (TPSA) is 17.1 Å². The third-order valence-electron chi connectivity index (χ3n) is 0.894. The molecule has 0 saturated carbocycles. The van der Waals surface area contributed by atoms with Gasteiger partial charge in [-0.15, -0.1) is 0 Å². The number of carbonyl (C=O) groups excluding carboxylic acids is 1. The van der Waals surface area contributed by atoms with Crippen LogP contribution < -0.4 is 0 Å². The zero-order valence-corrected chi connectivity index (χ0v) is 5.50. The number of hydrogen-bond acceptors (Lipinski definition) is 1. The molecule has 0 amide bonds. The second kappa shape index (κ2) is 5.04. The summed E-state index contributed by atoms with van der Waals surface area (Å²) in [5, 5.41) is 0. The highest BCUT2D eigenvalue weighted by molar-refractivity contribution is 5.77. The maximum atomic E-state index is 10.1. The summed E-state index contributed by atoms with van der Waals surface area (Å²) >= 11 is 0. The molecule has 0 unspecified atom stereocenters. The third kappa shape index (κ3) is 3.47. The fourth-order valence-electron chi connectivity index (χ4n) is 0.383. The van der Waals surface area contributed by atoms with Gasteiger partial charge in [-0.1, -0.05) is 30.9 Å². The molecule has 1 heteroatoms. The first-order chi connectivity index (χ1) is 4.35. The molecule has 0 aromatic carbocycles. The number of rotatable bonds is 3. The van der Waals surface area contributed by atoms with E-state index in [2.05, 4.69) is 6.58 Å². The molecule has 0 N–H and O–H groups in total. The van der Waals surface area contributed by atoms with Crippen LogP contribution in [0.3, 0.4) is 0 Å². The molecule has 48 valence electrons. The van der Waals surface area contributed by atoms with E-state index in [0.717, 1.165) is 6.29 Å². The van der Waals surface area contributed by atoms with Crippen LogP contribution in [0.25, 0.3) is 0 Å². The minimum absolute atomic E-state index is 0.676. The van der Waals surface area contributed by atoms with Crippen LogP contribution in [-0.2, 0) is 4.79 Å². The van der Waals surface area contributed by atoms with E-state index in [1.807, 2.05) is 6.92 Å². The van der Waals surface area contributed by atoms with Crippen molar-refractivity contribution in [2.75, 3.05) is 0 Å². The van der Waals surface area contributed by atoms with Gasteiger partial charge in [0.1, 0.15) is 6.29 Å². The number of allylic oxidation sites excluding steroid dienone is 5. The molecule has 0 atom stereocenters. The zero-order chi connectivity index (χ0) is 7.11. The predicted molar refractivity (Wildman–Crippen MR) is 39.2 cm³/mol. The molecule has 0 saturated heterocycles. The number of aldehydes is 1. The van der Waals surface area contributed by atoms with Gasteiger partial charge in [-0.2, -0.15) is 0 Å². The highest BCUT2D eigenvalue weighted by Crippen LogP contribution is 1.90. The lowest BCUT2D eigenvalue weighted by atomic mass is 10.2. The van der Waals surface area contributed by atoms with Crippen molar-refractivity contribution in [2.24, 2.45) is 0 Å². The Hall–Kier alpha value is -1.11. The van der Waals surface area contributed by atoms with Crippen LogP contribution in [-0.4, -0.2) is 6.29 Å². The van der Waals surface area contributed by atoms with Gasteiger partial charge in [0.15, 0.2) is 0 Å². The van der Waals surface area contributed by atoms with Gasteiger partial charge < -0.3 is 0 Å². The van der Waals surface area contributed by atoms with E-state index in [-0.39, 0.29) is 0 Å². The second-order valence-electron chi connectivity index (χ2n) is 1.50. The lowest BCUT2D eigenvalue weighted by Crippen LogP contribution is -1.74. The molecule has 0 aliphatic heterocycles. The molecule has 0 radical (unpaired) electrons. The monoisotopic (exact) mass is 122 g/mol. The highest BCUT2D eigenvalue weighted by Gasteiger charge is 1.80. The van der Waals surface area contributed by atoms with E-state index < -0.39 is 0 Å². The summed E-state index contributed by atoms with van der Waals surface area (Å²) in [4.78, 5) is 10.1. The van der Waals surface area contributed by atoms with Crippen LogP contribution in [0.2, 0.25) is 0 Å². The number of carbonyl (C=O) groups is 1. The SMILES string of the molecule is C=C/C=C\C(C=O)=C/C. The molecule has 1 nitrogen and oxygen atoms in total. The first-order valence-electron chi connectivity index (χ1n) is 2.75. The van der Waals surface area contributed by atoms with E-state index in [9.17, 15) is 4.79 Å². The molecule has 0 spiro atoms. The van der Waals surface area contributed by atoms with Gasteiger partial charge in [0, 0.05) is 5.57 Å². The van der Waals surface area contributed by atoms with Gasteiger partial charge in [-0.3, -0.25) is 4.79 Å². The predicted octanol–water partition coefficient (Wildman–Crippen LogP) is 1.87. The summed E-state index contributed by atoms with van der Waals surface area (Å²) in [5.74, 6) is 0. The Labute approximate surface area is 55.4 Å². The second-order valence-corrected chi connectivity index (χ2v) is 1.50. The minimum Gasteiger partial charge on any atom is -0.298 e. The molecule has 0 aliphatic rings. The Kier molecular flexibility index (Phi) is 4.41. The summed E-state index contributed by atoms with van der Waals surface area (Å²) in [6, 6.07) is 0. The lowest BCUT2D eigenvalue weighted by Gasteiger charge is -1.81. The fraction of sp³-hybridized carbons (Fsp3) is 0.125. The highest BCUT2D eigenvalue weighted by atomic mass is 16.1. The Bertz CT molecular complexity index is 152. The van der Waals surface area contributed by atoms with Crippen LogP contribution in [0.4, 0.5) is 0 Å². The van der Waals surface area contributed by atoms with Crippen molar-refractivity contribution >= 4 is 6.29 Å². The first-order valence-corrected chi connectivity index (χ1v) is 2.75. The van der Waals surface area contributed by atoms with Gasteiger partial charge in [-0.05, 0) is 6.92 Å². The molecule has 0 bridgehead atoms. The van der Waals surface area contributed by atoms with E-state index in [1.54, 1.807) is 24.3 Å². The van der Waals surface area contributed by atoms with Crippen molar-refractivity contribution in [2.45, 2.75) is 6.92 Å². The van der Waals surface area contributed by atoms with Crippen LogP contribution >= 0.6 is 0 Å². The quantitative estimate of drug-likeness (QED) is 0.317. The third-order valence-corrected chi connectivity index (χ3v) is 0.894. The minimum atomic E-state index is 0.676. The largest absolute Gasteiger partial charge is 0.298 e. The smallest absolute Gasteiger partial charge is 0.149 e. The van der Waals surface area contributed by atoms with Crippen LogP contribution in [0.5, 0.6) is 0 Å². The molecule has 0 rings (SSSR count).